The number of benzene rings is 1. The van der Waals surface area contributed by atoms with Gasteiger partial charge < -0.3 is 15.6 Å². The van der Waals surface area contributed by atoms with Crippen LogP contribution in [-0.2, 0) is 14.8 Å². The first-order valence-electron chi connectivity index (χ1n) is 6.33. The summed E-state index contributed by atoms with van der Waals surface area (Å²) in [6.07, 6.45) is 0.395. The average molecular weight is 316 g/mol. The third-order valence-electron chi connectivity index (χ3n) is 3.13. The molecule has 0 bridgehead atoms. The van der Waals surface area contributed by atoms with E-state index in [1.807, 2.05) is 0 Å². The maximum atomic E-state index is 12.1. The van der Waals surface area contributed by atoms with Crippen LogP contribution in [0.15, 0.2) is 23.1 Å². The number of hydrogen-bond acceptors (Lipinski definition) is 6. The van der Waals surface area contributed by atoms with Gasteiger partial charge in [0.2, 0.25) is 10.0 Å². The Morgan fingerprint density at radius 1 is 1.48 bits per heavy atom. The Kier molecular flexibility index (Phi) is 5.32. The molecular weight excluding hydrogens is 296 g/mol. The second kappa shape index (κ2) is 6.42. The lowest BCUT2D eigenvalue weighted by atomic mass is 10.1. The molecule has 0 saturated heterocycles. The first kappa shape index (κ1) is 17.4. The summed E-state index contributed by atoms with van der Waals surface area (Å²) >= 11 is 0. The number of anilines is 1. The number of carbonyl (C=O) groups is 1. The monoisotopic (exact) mass is 316 g/mol. The van der Waals surface area contributed by atoms with E-state index in [2.05, 4.69) is 9.46 Å². The van der Waals surface area contributed by atoms with Crippen molar-refractivity contribution < 1.29 is 23.1 Å². The number of esters is 1. The number of sulfonamides is 1. The molecule has 0 aliphatic carbocycles. The van der Waals surface area contributed by atoms with Crippen LogP contribution < -0.4 is 10.5 Å². The van der Waals surface area contributed by atoms with E-state index in [1.54, 1.807) is 6.92 Å². The number of methoxy groups -OCH3 is 1. The third kappa shape index (κ3) is 4.42. The number of carbonyl (C=O) groups excluding carboxylic acids is 1. The van der Waals surface area contributed by atoms with Gasteiger partial charge in [0, 0.05) is 6.54 Å². The van der Waals surface area contributed by atoms with Gasteiger partial charge in [-0.15, -0.1) is 0 Å². The van der Waals surface area contributed by atoms with Gasteiger partial charge in [-0.25, -0.2) is 17.9 Å². The second-order valence-electron chi connectivity index (χ2n) is 4.92. The van der Waals surface area contributed by atoms with Gasteiger partial charge in [-0.1, -0.05) is 6.92 Å². The molecule has 118 valence electrons. The Labute approximate surface area is 124 Å². The third-order valence-corrected chi connectivity index (χ3v) is 4.60. The van der Waals surface area contributed by atoms with Crippen molar-refractivity contribution in [1.82, 2.24) is 4.72 Å². The van der Waals surface area contributed by atoms with Crippen molar-refractivity contribution in [2.24, 2.45) is 0 Å². The lowest BCUT2D eigenvalue weighted by molar-refractivity contribution is 0.0599. The Morgan fingerprint density at radius 3 is 2.57 bits per heavy atom. The SMILES string of the molecule is CCC(C)(O)CNS(=O)(=O)c1ccc(C(=O)OC)cc1N. The highest BCUT2D eigenvalue weighted by Crippen LogP contribution is 2.20. The standard InChI is InChI=1S/C13H20N2O5S/c1-4-13(2,17)8-15-21(18,19)11-6-5-9(7-10(11)14)12(16)20-3/h5-7,15,17H,4,8,14H2,1-3H3. The first-order valence-corrected chi connectivity index (χ1v) is 7.81. The maximum Gasteiger partial charge on any atom is 0.337 e. The van der Waals surface area contributed by atoms with Crippen LogP contribution in [0.4, 0.5) is 5.69 Å². The van der Waals surface area contributed by atoms with Crippen molar-refractivity contribution in [1.29, 1.82) is 0 Å². The molecule has 1 aromatic carbocycles. The van der Waals surface area contributed by atoms with Gasteiger partial charge in [-0.05, 0) is 31.5 Å². The van der Waals surface area contributed by atoms with Gasteiger partial charge in [0.25, 0.3) is 0 Å². The molecule has 0 radical (unpaired) electrons. The van der Waals surface area contributed by atoms with Crippen LogP contribution in [0.5, 0.6) is 0 Å². The van der Waals surface area contributed by atoms with Crippen LogP contribution in [0.2, 0.25) is 0 Å². The Morgan fingerprint density at radius 2 is 2.10 bits per heavy atom. The smallest absolute Gasteiger partial charge is 0.337 e. The summed E-state index contributed by atoms with van der Waals surface area (Å²) in [4.78, 5) is 11.2. The zero-order valence-corrected chi connectivity index (χ0v) is 13.0. The number of nitrogen functional groups attached to an aromatic ring is 1. The number of nitrogens with one attached hydrogen (secondary N) is 1. The van der Waals surface area contributed by atoms with Crippen LogP contribution in [0, 0.1) is 0 Å². The van der Waals surface area contributed by atoms with Gasteiger partial charge in [0.15, 0.2) is 0 Å². The van der Waals surface area contributed by atoms with Gasteiger partial charge in [0.1, 0.15) is 4.90 Å². The predicted octanol–water partition coefficient (Wildman–Crippen LogP) is 0.495. The van der Waals surface area contributed by atoms with Crippen LogP contribution in [0.3, 0.4) is 0 Å². The van der Waals surface area contributed by atoms with Crippen LogP contribution in [-0.4, -0.2) is 38.7 Å². The lowest BCUT2D eigenvalue weighted by Gasteiger charge is -2.21. The van der Waals surface area contributed by atoms with E-state index >= 15 is 0 Å². The Hall–Kier alpha value is -1.64. The van der Waals surface area contributed by atoms with Gasteiger partial charge in [-0.2, -0.15) is 0 Å². The van der Waals surface area contributed by atoms with Gasteiger partial charge in [0.05, 0.1) is 24.0 Å². The number of nitrogens with two attached hydrogens (primary N) is 1. The molecule has 0 aliphatic rings. The highest BCUT2D eigenvalue weighted by Gasteiger charge is 2.24. The molecule has 21 heavy (non-hydrogen) atoms. The van der Waals surface area contributed by atoms with E-state index < -0.39 is 21.6 Å². The maximum absolute atomic E-state index is 12.1. The minimum Gasteiger partial charge on any atom is -0.465 e. The molecular formula is C13H20N2O5S. The summed E-state index contributed by atoms with van der Waals surface area (Å²) < 4.78 is 31.1. The number of ether oxygens (including phenoxy) is 1. The fourth-order valence-corrected chi connectivity index (χ4v) is 2.76. The van der Waals surface area contributed by atoms with Crippen molar-refractivity contribution in [2.45, 2.75) is 30.8 Å². The molecule has 0 heterocycles. The van der Waals surface area contributed by atoms with E-state index in [9.17, 15) is 18.3 Å². The molecule has 7 nitrogen and oxygen atoms in total. The zero-order valence-electron chi connectivity index (χ0n) is 12.2. The molecule has 0 fully saturated rings. The molecule has 0 spiro atoms. The van der Waals surface area contributed by atoms with E-state index in [-0.39, 0.29) is 22.7 Å². The quantitative estimate of drug-likeness (QED) is 0.519. The molecule has 4 N–H and O–H groups in total. The summed E-state index contributed by atoms with van der Waals surface area (Å²) in [7, 11) is -2.65. The lowest BCUT2D eigenvalue weighted by Crippen LogP contribution is -2.40. The van der Waals surface area contributed by atoms with Crippen molar-refractivity contribution in [3.8, 4) is 0 Å². The molecule has 8 heteroatoms. The largest absolute Gasteiger partial charge is 0.465 e. The summed E-state index contributed by atoms with van der Waals surface area (Å²) in [5, 5.41) is 9.83. The molecule has 0 aliphatic heterocycles. The molecule has 0 aromatic heterocycles. The number of rotatable bonds is 6. The Bertz CT molecular complexity index is 625. The van der Waals surface area contributed by atoms with Gasteiger partial charge >= 0.3 is 5.97 Å². The van der Waals surface area contributed by atoms with Crippen molar-refractivity contribution in [2.75, 3.05) is 19.4 Å². The van der Waals surface area contributed by atoms with E-state index in [4.69, 9.17) is 5.73 Å². The Balaban J connectivity index is 3.02. The van der Waals surface area contributed by atoms with Crippen LogP contribution in [0.25, 0.3) is 0 Å². The summed E-state index contributed by atoms with van der Waals surface area (Å²) in [6, 6.07) is 3.78. The fraction of sp³-hybridized carbons (Fsp3) is 0.462. The minimum atomic E-state index is -3.87. The minimum absolute atomic E-state index is 0.0680. The number of aliphatic hydroxyl groups is 1. The molecule has 1 atom stereocenters. The molecule has 0 amide bonds. The molecule has 1 rings (SSSR count). The molecule has 1 unspecified atom stereocenters. The second-order valence-corrected chi connectivity index (χ2v) is 6.65. The fourth-order valence-electron chi connectivity index (χ4n) is 1.49. The zero-order chi connectivity index (χ0) is 16.3. The topological polar surface area (TPSA) is 119 Å². The van der Waals surface area contributed by atoms with Crippen molar-refractivity contribution in [3.05, 3.63) is 23.8 Å². The summed E-state index contributed by atoms with van der Waals surface area (Å²) in [5.74, 6) is -0.604. The van der Waals surface area contributed by atoms with Crippen molar-refractivity contribution in [3.63, 3.8) is 0 Å². The predicted molar refractivity (Wildman–Crippen MR) is 78.3 cm³/mol. The van der Waals surface area contributed by atoms with Crippen LogP contribution >= 0.6 is 0 Å². The van der Waals surface area contributed by atoms with Crippen LogP contribution in [0.1, 0.15) is 30.6 Å². The molecule has 0 saturated carbocycles. The van der Waals surface area contributed by atoms with E-state index in [1.165, 1.54) is 32.2 Å². The van der Waals surface area contributed by atoms with E-state index in [0.29, 0.717) is 6.42 Å². The van der Waals surface area contributed by atoms with Gasteiger partial charge in [-0.3, -0.25) is 0 Å². The van der Waals surface area contributed by atoms with Crippen molar-refractivity contribution >= 4 is 21.7 Å². The highest BCUT2D eigenvalue weighted by molar-refractivity contribution is 7.89. The average Bonchev–Trinajstić information content (AvgIpc) is 2.44. The molecule has 1 aromatic rings. The normalized spacial score (nSPS) is 14.5. The number of hydrogen-bond donors (Lipinski definition) is 3. The first-order chi connectivity index (χ1) is 9.63. The highest BCUT2D eigenvalue weighted by atomic mass is 32.2. The summed E-state index contributed by atoms with van der Waals surface area (Å²) in [6.45, 7) is 3.14. The summed E-state index contributed by atoms with van der Waals surface area (Å²) in [5.41, 5.74) is 4.63. The van der Waals surface area contributed by atoms with E-state index in [0.717, 1.165) is 0 Å².